The van der Waals surface area contributed by atoms with Crippen molar-refractivity contribution < 1.29 is 14.3 Å². The van der Waals surface area contributed by atoms with Crippen LogP contribution < -0.4 is 5.32 Å². The van der Waals surface area contributed by atoms with Gasteiger partial charge in [0.25, 0.3) is 0 Å². The van der Waals surface area contributed by atoms with Gasteiger partial charge in [0.05, 0.1) is 13.2 Å². The molecule has 0 heterocycles. The van der Waals surface area contributed by atoms with Crippen molar-refractivity contribution in [3.05, 3.63) is 34.9 Å². The largest absolute Gasteiger partial charge is 0.465 e. The Morgan fingerprint density at radius 3 is 2.89 bits per heavy atom. The van der Waals surface area contributed by atoms with Crippen LogP contribution in [0.5, 0.6) is 0 Å². The number of hydrogen-bond acceptors (Lipinski definition) is 4. The quantitative estimate of drug-likeness (QED) is 0.610. The molecule has 0 bridgehead atoms. The highest BCUT2D eigenvalue weighted by atomic mass is 35.5. The number of carbonyl (C=O) groups is 1. The van der Waals surface area contributed by atoms with E-state index >= 15 is 0 Å². The minimum atomic E-state index is -0.515. The summed E-state index contributed by atoms with van der Waals surface area (Å²) in [4.78, 5) is 11.9. The number of rotatable bonds is 7. The number of hydrogen-bond donors (Lipinski definition) is 1. The SMILES string of the molecule is CCOC(=O)C(NCCOC)c1cccc(Cl)c1. The molecule has 1 rings (SSSR count). The summed E-state index contributed by atoms with van der Waals surface area (Å²) in [5.41, 5.74) is 0.789. The van der Waals surface area contributed by atoms with Gasteiger partial charge in [-0.05, 0) is 24.6 Å². The Morgan fingerprint density at radius 2 is 2.28 bits per heavy atom. The van der Waals surface area contributed by atoms with Gasteiger partial charge in [0.2, 0.25) is 0 Å². The van der Waals surface area contributed by atoms with Gasteiger partial charge in [-0.15, -0.1) is 0 Å². The third-order valence-corrected chi connectivity index (χ3v) is 2.59. The van der Waals surface area contributed by atoms with E-state index in [1.807, 2.05) is 12.1 Å². The number of halogens is 1. The van der Waals surface area contributed by atoms with Gasteiger partial charge in [0.15, 0.2) is 0 Å². The minimum Gasteiger partial charge on any atom is -0.465 e. The highest BCUT2D eigenvalue weighted by molar-refractivity contribution is 6.30. The van der Waals surface area contributed by atoms with E-state index in [1.54, 1.807) is 26.2 Å². The summed E-state index contributed by atoms with van der Waals surface area (Å²) in [5.74, 6) is -0.309. The number of esters is 1. The highest BCUT2D eigenvalue weighted by Crippen LogP contribution is 2.19. The van der Waals surface area contributed by atoms with Gasteiger partial charge in [-0.2, -0.15) is 0 Å². The summed E-state index contributed by atoms with van der Waals surface area (Å²) in [6.45, 7) is 3.22. The van der Waals surface area contributed by atoms with Crippen LogP contribution in [-0.2, 0) is 14.3 Å². The van der Waals surface area contributed by atoms with E-state index < -0.39 is 6.04 Å². The fraction of sp³-hybridized carbons (Fsp3) is 0.462. The van der Waals surface area contributed by atoms with Crippen LogP contribution in [0, 0.1) is 0 Å². The van der Waals surface area contributed by atoms with E-state index in [0.29, 0.717) is 24.8 Å². The molecule has 5 heteroatoms. The highest BCUT2D eigenvalue weighted by Gasteiger charge is 2.21. The zero-order valence-electron chi connectivity index (χ0n) is 10.6. The standard InChI is InChI=1S/C13H18ClNO3/c1-3-18-13(16)12(15-7-8-17-2)10-5-4-6-11(14)9-10/h4-6,9,12,15H,3,7-8H2,1-2H3. The molecule has 4 nitrogen and oxygen atoms in total. The minimum absolute atomic E-state index is 0.309. The molecule has 1 aromatic rings. The lowest BCUT2D eigenvalue weighted by Gasteiger charge is -2.17. The fourth-order valence-electron chi connectivity index (χ4n) is 1.55. The first kappa shape index (κ1) is 15.0. The molecule has 0 aliphatic carbocycles. The average Bonchev–Trinajstić information content (AvgIpc) is 2.35. The number of ether oxygens (including phenoxy) is 2. The molecule has 1 atom stereocenters. The lowest BCUT2D eigenvalue weighted by Crippen LogP contribution is -2.32. The lowest BCUT2D eigenvalue weighted by atomic mass is 10.1. The number of carbonyl (C=O) groups excluding carboxylic acids is 1. The predicted molar refractivity (Wildman–Crippen MR) is 70.7 cm³/mol. The monoisotopic (exact) mass is 271 g/mol. The summed E-state index contributed by atoms with van der Waals surface area (Å²) < 4.78 is 9.99. The molecule has 1 N–H and O–H groups in total. The van der Waals surface area contributed by atoms with Crippen molar-refractivity contribution >= 4 is 17.6 Å². The molecule has 0 spiro atoms. The van der Waals surface area contributed by atoms with Crippen LogP contribution in [0.3, 0.4) is 0 Å². The third-order valence-electron chi connectivity index (χ3n) is 2.36. The summed E-state index contributed by atoms with van der Waals surface area (Å²) >= 11 is 5.93. The van der Waals surface area contributed by atoms with Crippen LogP contribution in [0.25, 0.3) is 0 Å². The smallest absolute Gasteiger partial charge is 0.327 e. The molecule has 0 saturated heterocycles. The lowest BCUT2D eigenvalue weighted by molar-refractivity contribution is -0.145. The zero-order valence-corrected chi connectivity index (χ0v) is 11.4. The Kier molecular flexibility index (Phi) is 6.72. The Hall–Kier alpha value is -1.10. The molecule has 0 saturated carbocycles. The maximum Gasteiger partial charge on any atom is 0.327 e. The second kappa shape index (κ2) is 8.08. The van der Waals surface area contributed by atoms with E-state index in [4.69, 9.17) is 21.1 Å². The van der Waals surface area contributed by atoms with E-state index in [0.717, 1.165) is 5.56 Å². The molecule has 1 aromatic carbocycles. The fourth-order valence-corrected chi connectivity index (χ4v) is 1.75. The Bertz CT molecular complexity index is 384. The van der Waals surface area contributed by atoms with Gasteiger partial charge in [0, 0.05) is 18.7 Å². The van der Waals surface area contributed by atoms with E-state index in [2.05, 4.69) is 5.32 Å². The van der Waals surface area contributed by atoms with Gasteiger partial charge in [-0.1, -0.05) is 23.7 Å². The van der Waals surface area contributed by atoms with Crippen molar-refractivity contribution in [3.8, 4) is 0 Å². The molecule has 18 heavy (non-hydrogen) atoms. The van der Waals surface area contributed by atoms with E-state index in [1.165, 1.54) is 0 Å². The molecule has 0 radical (unpaired) electrons. The van der Waals surface area contributed by atoms with Crippen molar-refractivity contribution in [2.45, 2.75) is 13.0 Å². The van der Waals surface area contributed by atoms with Gasteiger partial charge in [-0.3, -0.25) is 5.32 Å². The Balaban J connectivity index is 2.78. The first-order valence-electron chi connectivity index (χ1n) is 5.83. The van der Waals surface area contributed by atoms with Crippen LogP contribution >= 0.6 is 11.6 Å². The molecule has 0 amide bonds. The predicted octanol–water partition coefficient (Wildman–Crippen LogP) is 2.18. The van der Waals surface area contributed by atoms with Crippen molar-refractivity contribution in [1.82, 2.24) is 5.32 Å². The first-order valence-corrected chi connectivity index (χ1v) is 6.21. The first-order chi connectivity index (χ1) is 8.69. The van der Waals surface area contributed by atoms with Gasteiger partial charge < -0.3 is 9.47 Å². The molecule has 100 valence electrons. The summed E-state index contributed by atoms with van der Waals surface area (Å²) in [6.07, 6.45) is 0. The van der Waals surface area contributed by atoms with Crippen LogP contribution in [0.1, 0.15) is 18.5 Å². The van der Waals surface area contributed by atoms with Crippen LogP contribution in [0.2, 0.25) is 5.02 Å². The molecule has 0 aromatic heterocycles. The van der Waals surface area contributed by atoms with Gasteiger partial charge in [0.1, 0.15) is 6.04 Å². The van der Waals surface area contributed by atoms with Crippen molar-refractivity contribution in [3.63, 3.8) is 0 Å². The molecular formula is C13H18ClNO3. The van der Waals surface area contributed by atoms with E-state index in [-0.39, 0.29) is 5.97 Å². The van der Waals surface area contributed by atoms with Crippen LogP contribution in [0.15, 0.2) is 24.3 Å². The van der Waals surface area contributed by atoms with Gasteiger partial charge >= 0.3 is 5.97 Å². The number of benzene rings is 1. The zero-order chi connectivity index (χ0) is 13.4. The van der Waals surface area contributed by atoms with Crippen LogP contribution in [-0.4, -0.2) is 32.8 Å². The summed E-state index contributed by atoms with van der Waals surface area (Å²) in [5, 5.41) is 3.68. The molecule has 1 unspecified atom stereocenters. The van der Waals surface area contributed by atoms with Crippen molar-refractivity contribution in [2.75, 3.05) is 26.9 Å². The molecule has 0 aliphatic rings. The second-order valence-electron chi connectivity index (χ2n) is 3.69. The molecule has 0 fully saturated rings. The average molecular weight is 272 g/mol. The van der Waals surface area contributed by atoms with Gasteiger partial charge in [-0.25, -0.2) is 4.79 Å². The topological polar surface area (TPSA) is 47.6 Å². The Morgan fingerprint density at radius 1 is 1.50 bits per heavy atom. The van der Waals surface area contributed by atoms with Crippen LogP contribution in [0.4, 0.5) is 0 Å². The van der Waals surface area contributed by atoms with Crippen molar-refractivity contribution in [1.29, 1.82) is 0 Å². The summed E-state index contributed by atoms with van der Waals surface area (Å²) in [7, 11) is 1.61. The van der Waals surface area contributed by atoms with E-state index in [9.17, 15) is 4.79 Å². The molecular weight excluding hydrogens is 254 g/mol. The second-order valence-corrected chi connectivity index (χ2v) is 4.12. The number of methoxy groups -OCH3 is 1. The number of nitrogens with one attached hydrogen (secondary N) is 1. The molecule has 0 aliphatic heterocycles. The Labute approximate surface area is 112 Å². The third kappa shape index (κ3) is 4.64. The summed E-state index contributed by atoms with van der Waals surface area (Å²) in [6, 6.07) is 6.65. The maximum atomic E-state index is 11.9. The van der Waals surface area contributed by atoms with Crippen molar-refractivity contribution in [2.24, 2.45) is 0 Å². The maximum absolute atomic E-state index is 11.9. The normalized spacial score (nSPS) is 12.2.